The fourth-order valence-electron chi connectivity index (χ4n) is 5.08. The van der Waals surface area contributed by atoms with Crippen molar-refractivity contribution in [2.24, 2.45) is 17.3 Å². The van der Waals surface area contributed by atoms with E-state index in [-0.39, 0.29) is 17.4 Å². The number of methoxy groups -OCH3 is 1. The summed E-state index contributed by atoms with van der Waals surface area (Å²) in [5, 5.41) is 3.13. The van der Waals surface area contributed by atoms with Gasteiger partial charge in [-0.3, -0.25) is 4.79 Å². The van der Waals surface area contributed by atoms with E-state index in [0.29, 0.717) is 12.5 Å². The van der Waals surface area contributed by atoms with Gasteiger partial charge >= 0.3 is 6.03 Å². The number of carbonyl (C=O) groups excluding carboxylic acids is 2. The Bertz CT molecular complexity index is 705. The van der Waals surface area contributed by atoms with Crippen LogP contribution in [0.5, 0.6) is 0 Å². The number of ether oxygens (including phenoxy) is 1. The zero-order chi connectivity index (χ0) is 20.3. The molecule has 3 fully saturated rings. The Morgan fingerprint density at radius 2 is 1.76 bits per heavy atom. The Labute approximate surface area is 173 Å². The lowest BCUT2D eigenvalue weighted by Gasteiger charge is -2.56. The zero-order valence-corrected chi connectivity index (χ0v) is 17.4. The van der Waals surface area contributed by atoms with Crippen LogP contribution in [-0.2, 0) is 4.74 Å². The maximum absolute atomic E-state index is 12.6. The fraction of sp³-hybridized carbons (Fsp3) is 0.652. The number of hydrogen-bond acceptors (Lipinski definition) is 3. The topological polar surface area (TPSA) is 61.9 Å². The lowest BCUT2D eigenvalue weighted by Crippen LogP contribution is -2.66. The Hall–Kier alpha value is -2.08. The third kappa shape index (κ3) is 4.27. The van der Waals surface area contributed by atoms with Gasteiger partial charge in [-0.15, -0.1) is 0 Å². The van der Waals surface area contributed by atoms with Gasteiger partial charge in [0.25, 0.3) is 5.91 Å². The van der Waals surface area contributed by atoms with Crippen molar-refractivity contribution in [3.8, 4) is 0 Å². The molecule has 0 bridgehead atoms. The minimum atomic E-state index is 0.0545. The van der Waals surface area contributed by atoms with Gasteiger partial charge in [0.15, 0.2) is 0 Å². The second kappa shape index (κ2) is 8.74. The lowest BCUT2D eigenvalue weighted by atomic mass is 9.61. The number of hydrogen-bond donors (Lipinski definition) is 1. The standard InChI is InChI=1S/C23H33N3O3/c1-29-17-23(20-8-5-9-20)15-26(16-23)22(28)24-14-18-10-12-25(13-11-18)21(27)19-6-3-2-4-7-19/h2-4,6-7,18,20H,5,8-17H2,1H3,(H,24,28). The van der Waals surface area contributed by atoms with Gasteiger partial charge in [0.2, 0.25) is 0 Å². The van der Waals surface area contributed by atoms with Crippen LogP contribution in [-0.4, -0.2) is 68.2 Å². The number of likely N-dealkylation sites (tertiary alicyclic amines) is 2. The molecule has 0 spiro atoms. The first-order valence-corrected chi connectivity index (χ1v) is 11.0. The largest absolute Gasteiger partial charge is 0.384 e. The van der Waals surface area contributed by atoms with Crippen LogP contribution in [0.1, 0.15) is 42.5 Å². The van der Waals surface area contributed by atoms with Crippen molar-refractivity contribution in [2.75, 3.05) is 46.4 Å². The molecule has 6 nitrogen and oxygen atoms in total. The highest BCUT2D eigenvalue weighted by atomic mass is 16.5. The molecule has 1 aromatic rings. The van der Waals surface area contributed by atoms with Crippen LogP contribution in [0.3, 0.4) is 0 Å². The average molecular weight is 400 g/mol. The number of nitrogens with zero attached hydrogens (tertiary/aromatic N) is 2. The fourth-order valence-corrected chi connectivity index (χ4v) is 5.08. The molecule has 2 heterocycles. The van der Waals surface area contributed by atoms with Crippen molar-refractivity contribution in [3.05, 3.63) is 35.9 Å². The highest BCUT2D eigenvalue weighted by Crippen LogP contribution is 2.48. The van der Waals surface area contributed by atoms with E-state index >= 15 is 0 Å². The summed E-state index contributed by atoms with van der Waals surface area (Å²) in [5.74, 6) is 1.27. The van der Waals surface area contributed by atoms with Gasteiger partial charge in [0.05, 0.1) is 6.61 Å². The molecule has 0 atom stereocenters. The van der Waals surface area contributed by atoms with Crippen molar-refractivity contribution < 1.29 is 14.3 Å². The van der Waals surface area contributed by atoms with Crippen LogP contribution in [0.4, 0.5) is 4.79 Å². The first-order chi connectivity index (χ1) is 14.1. The monoisotopic (exact) mass is 399 g/mol. The van der Waals surface area contributed by atoms with E-state index in [0.717, 1.165) is 57.1 Å². The number of amides is 3. The molecule has 1 saturated carbocycles. The third-order valence-corrected chi connectivity index (χ3v) is 7.17. The van der Waals surface area contributed by atoms with Gasteiger partial charge in [0.1, 0.15) is 0 Å². The summed E-state index contributed by atoms with van der Waals surface area (Å²) in [6.07, 6.45) is 5.75. The molecule has 158 valence electrons. The molecule has 1 aromatic carbocycles. The summed E-state index contributed by atoms with van der Waals surface area (Å²) in [6.45, 7) is 4.62. The molecule has 4 rings (SSSR count). The molecule has 0 radical (unpaired) electrons. The van der Waals surface area contributed by atoms with Gasteiger partial charge < -0.3 is 19.9 Å². The molecule has 1 N–H and O–H groups in total. The smallest absolute Gasteiger partial charge is 0.317 e. The Morgan fingerprint density at radius 3 is 2.34 bits per heavy atom. The molecular formula is C23H33N3O3. The molecule has 1 aliphatic carbocycles. The molecule has 2 saturated heterocycles. The van der Waals surface area contributed by atoms with Crippen LogP contribution in [0, 0.1) is 17.3 Å². The number of benzene rings is 1. The molecule has 0 unspecified atom stereocenters. The number of urea groups is 1. The van der Waals surface area contributed by atoms with Gasteiger partial charge in [-0.2, -0.15) is 0 Å². The van der Waals surface area contributed by atoms with Crippen molar-refractivity contribution in [2.45, 2.75) is 32.1 Å². The van der Waals surface area contributed by atoms with Crippen molar-refractivity contribution in [1.29, 1.82) is 0 Å². The SMILES string of the molecule is COCC1(C2CCC2)CN(C(=O)NCC2CCN(C(=O)c3ccccc3)CC2)C1. The van der Waals surface area contributed by atoms with E-state index in [4.69, 9.17) is 4.74 Å². The Morgan fingerprint density at radius 1 is 1.07 bits per heavy atom. The first kappa shape index (κ1) is 20.2. The van der Waals surface area contributed by atoms with Crippen LogP contribution >= 0.6 is 0 Å². The summed E-state index contributed by atoms with van der Waals surface area (Å²) in [7, 11) is 1.76. The molecular weight excluding hydrogens is 366 g/mol. The predicted octanol–water partition coefficient (Wildman–Crippen LogP) is 3.00. The third-order valence-electron chi connectivity index (χ3n) is 7.17. The quantitative estimate of drug-likeness (QED) is 0.800. The maximum Gasteiger partial charge on any atom is 0.317 e. The van der Waals surface area contributed by atoms with E-state index in [1.165, 1.54) is 19.3 Å². The number of piperidine rings is 1. The van der Waals surface area contributed by atoms with Crippen LogP contribution < -0.4 is 5.32 Å². The van der Waals surface area contributed by atoms with Crippen LogP contribution in [0.25, 0.3) is 0 Å². The summed E-state index contributed by atoms with van der Waals surface area (Å²) in [4.78, 5) is 29.0. The average Bonchev–Trinajstić information content (AvgIpc) is 2.69. The van der Waals surface area contributed by atoms with Crippen molar-refractivity contribution in [3.63, 3.8) is 0 Å². The van der Waals surface area contributed by atoms with E-state index in [1.54, 1.807) is 7.11 Å². The van der Waals surface area contributed by atoms with Gasteiger partial charge in [0, 0.05) is 50.8 Å². The second-order valence-corrected chi connectivity index (χ2v) is 9.07. The van der Waals surface area contributed by atoms with E-state index in [1.807, 2.05) is 40.1 Å². The van der Waals surface area contributed by atoms with E-state index in [2.05, 4.69) is 5.32 Å². The molecule has 29 heavy (non-hydrogen) atoms. The van der Waals surface area contributed by atoms with E-state index < -0.39 is 0 Å². The van der Waals surface area contributed by atoms with Crippen molar-refractivity contribution >= 4 is 11.9 Å². The Kier molecular flexibility index (Phi) is 6.09. The maximum atomic E-state index is 12.6. The van der Waals surface area contributed by atoms with Crippen LogP contribution in [0.15, 0.2) is 30.3 Å². The predicted molar refractivity (Wildman–Crippen MR) is 112 cm³/mol. The molecule has 3 amide bonds. The number of rotatable bonds is 6. The minimum absolute atomic E-state index is 0.0545. The highest BCUT2D eigenvalue weighted by Gasteiger charge is 2.52. The summed E-state index contributed by atoms with van der Waals surface area (Å²) in [6, 6.07) is 9.52. The minimum Gasteiger partial charge on any atom is -0.384 e. The van der Waals surface area contributed by atoms with E-state index in [9.17, 15) is 9.59 Å². The number of carbonyl (C=O) groups is 2. The molecule has 3 aliphatic rings. The summed E-state index contributed by atoms with van der Waals surface area (Å²) >= 11 is 0. The summed E-state index contributed by atoms with van der Waals surface area (Å²) in [5.41, 5.74) is 0.941. The van der Waals surface area contributed by atoms with Crippen LogP contribution in [0.2, 0.25) is 0 Å². The zero-order valence-electron chi connectivity index (χ0n) is 17.4. The molecule has 6 heteroatoms. The first-order valence-electron chi connectivity index (χ1n) is 11.0. The Balaban J connectivity index is 1.18. The second-order valence-electron chi connectivity index (χ2n) is 9.07. The van der Waals surface area contributed by atoms with Gasteiger partial charge in [-0.1, -0.05) is 24.6 Å². The van der Waals surface area contributed by atoms with Gasteiger partial charge in [-0.05, 0) is 49.7 Å². The van der Waals surface area contributed by atoms with Crippen molar-refractivity contribution in [1.82, 2.24) is 15.1 Å². The normalized spacial score (nSPS) is 22.0. The molecule has 2 aliphatic heterocycles. The molecule has 0 aromatic heterocycles. The highest BCUT2D eigenvalue weighted by molar-refractivity contribution is 5.94. The van der Waals surface area contributed by atoms with Gasteiger partial charge in [-0.25, -0.2) is 4.79 Å². The summed E-state index contributed by atoms with van der Waals surface area (Å²) < 4.78 is 5.46. The number of nitrogens with one attached hydrogen (secondary N) is 1. The lowest BCUT2D eigenvalue weighted by molar-refractivity contribution is -0.0939.